The first-order chi connectivity index (χ1) is 8.80. The maximum Gasteiger partial charge on any atom is 0.415 e. The predicted molar refractivity (Wildman–Crippen MR) is 70.6 cm³/mol. The number of carbonyl (C=O) groups excluding carboxylic acids is 2. The summed E-state index contributed by atoms with van der Waals surface area (Å²) in [6.07, 6.45) is 1.07. The molecule has 1 heterocycles. The SMILES string of the molecule is CC(C)(C)CC(=O)OC(=O)NC1CCC(CO)NC1. The number of aliphatic hydroxyl groups excluding tert-OH is 1. The van der Waals surface area contributed by atoms with Crippen LogP contribution in [-0.4, -0.2) is 42.4 Å². The van der Waals surface area contributed by atoms with Gasteiger partial charge >= 0.3 is 12.1 Å². The highest BCUT2D eigenvalue weighted by Crippen LogP contribution is 2.18. The van der Waals surface area contributed by atoms with Crippen LogP contribution in [-0.2, 0) is 9.53 Å². The highest BCUT2D eigenvalue weighted by atomic mass is 16.6. The quantitative estimate of drug-likeness (QED) is 0.522. The van der Waals surface area contributed by atoms with Crippen molar-refractivity contribution in [3.05, 3.63) is 0 Å². The lowest BCUT2D eigenvalue weighted by molar-refractivity contribution is -0.139. The molecule has 2 unspecified atom stereocenters. The third kappa shape index (κ3) is 6.54. The molecule has 0 aromatic rings. The fraction of sp³-hybridized carbons (Fsp3) is 0.846. The lowest BCUT2D eigenvalue weighted by atomic mass is 9.93. The second kappa shape index (κ2) is 6.86. The lowest BCUT2D eigenvalue weighted by Gasteiger charge is -2.28. The van der Waals surface area contributed by atoms with E-state index in [4.69, 9.17) is 9.84 Å². The summed E-state index contributed by atoms with van der Waals surface area (Å²) in [5.74, 6) is -0.512. The molecule has 6 heteroatoms. The number of piperidine rings is 1. The molecule has 110 valence electrons. The van der Waals surface area contributed by atoms with E-state index in [1.54, 1.807) is 0 Å². The number of alkyl carbamates (subject to hydrolysis) is 1. The van der Waals surface area contributed by atoms with Gasteiger partial charge in [0, 0.05) is 18.6 Å². The van der Waals surface area contributed by atoms with Gasteiger partial charge in [0.15, 0.2) is 0 Å². The monoisotopic (exact) mass is 272 g/mol. The molecule has 0 bridgehead atoms. The number of hydrogen-bond acceptors (Lipinski definition) is 5. The van der Waals surface area contributed by atoms with E-state index in [0.717, 1.165) is 12.8 Å². The van der Waals surface area contributed by atoms with Crippen LogP contribution in [0.15, 0.2) is 0 Å². The molecule has 3 N–H and O–H groups in total. The van der Waals surface area contributed by atoms with Crippen molar-refractivity contribution in [1.29, 1.82) is 0 Å². The number of nitrogens with one attached hydrogen (secondary N) is 2. The summed E-state index contributed by atoms with van der Waals surface area (Å²) in [7, 11) is 0. The van der Waals surface area contributed by atoms with Gasteiger partial charge in [-0.1, -0.05) is 20.8 Å². The molecule has 6 nitrogen and oxygen atoms in total. The number of carbonyl (C=O) groups is 2. The number of amides is 1. The zero-order chi connectivity index (χ0) is 14.5. The van der Waals surface area contributed by atoms with Crippen LogP contribution in [0.4, 0.5) is 4.79 Å². The molecule has 19 heavy (non-hydrogen) atoms. The molecular weight excluding hydrogens is 248 g/mol. The van der Waals surface area contributed by atoms with E-state index >= 15 is 0 Å². The van der Waals surface area contributed by atoms with Crippen LogP contribution in [0.3, 0.4) is 0 Å². The highest BCUT2D eigenvalue weighted by Gasteiger charge is 2.24. The Morgan fingerprint density at radius 3 is 2.53 bits per heavy atom. The van der Waals surface area contributed by atoms with Crippen molar-refractivity contribution >= 4 is 12.1 Å². The van der Waals surface area contributed by atoms with Gasteiger partial charge in [0.25, 0.3) is 0 Å². The normalized spacial score (nSPS) is 23.8. The molecule has 1 amide bonds. The van der Waals surface area contributed by atoms with E-state index in [9.17, 15) is 9.59 Å². The molecule has 1 saturated heterocycles. The van der Waals surface area contributed by atoms with Crippen LogP contribution < -0.4 is 10.6 Å². The van der Waals surface area contributed by atoms with Gasteiger partial charge in [0.2, 0.25) is 0 Å². The van der Waals surface area contributed by atoms with E-state index in [-0.39, 0.29) is 30.5 Å². The van der Waals surface area contributed by atoms with Crippen LogP contribution in [0, 0.1) is 5.41 Å². The van der Waals surface area contributed by atoms with Crippen molar-refractivity contribution in [2.24, 2.45) is 5.41 Å². The maximum atomic E-state index is 11.5. The zero-order valence-electron chi connectivity index (χ0n) is 11.9. The number of rotatable bonds is 3. The average molecular weight is 272 g/mol. The Morgan fingerprint density at radius 1 is 1.37 bits per heavy atom. The molecule has 0 aliphatic carbocycles. The van der Waals surface area contributed by atoms with Crippen LogP contribution >= 0.6 is 0 Å². The van der Waals surface area contributed by atoms with Crippen molar-refractivity contribution in [2.75, 3.05) is 13.2 Å². The van der Waals surface area contributed by atoms with Gasteiger partial charge in [-0.3, -0.25) is 4.79 Å². The molecule has 1 aliphatic heterocycles. The Morgan fingerprint density at radius 2 is 2.05 bits per heavy atom. The smallest absolute Gasteiger partial charge is 0.395 e. The fourth-order valence-electron chi connectivity index (χ4n) is 1.96. The van der Waals surface area contributed by atoms with Gasteiger partial charge < -0.3 is 20.5 Å². The Bertz CT molecular complexity index is 317. The Labute approximate surface area is 113 Å². The summed E-state index contributed by atoms with van der Waals surface area (Å²) >= 11 is 0. The fourth-order valence-corrected chi connectivity index (χ4v) is 1.96. The van der Waals surface area contributed by atoms with Crippen LogP contribution in [0.1, 0.15) is 40.0 Å². The Kier molecular flexibility index (Phi) is 5.75. The first kappa shape index (κ1) is 15.9. The predicted octanol–water partition coefficient (Wildman–Crippen LogP) is 0.788. The zero-order valence-corrected chi connectivity index (χ0v) is 11.9. The van der Waals surface area contributed by atoms with E-state index in [1.807, 2.05) is 20.8 Å². The molecule has 0 spiro atoms. The van der Waals surface area contributed by atoms with Gasteiger partial charge in [-0.2, -0.15) is 0 Å². The molecular formula is C13H24N2O4. The van der Waals surface area contributed by atoms with Crippen molar-refractivity contribution in [1.82, 2.24) is 10.6 Å². The topological polar surface area (TPSA) is 87.7 Å². The molecule has 1 aliphatic rings. The highest BCUT2D eigenvalue weighted by molar-refractivity contribution is 5.84. The van der Waals surface area contributed by atoms with Gasteiger partial charge in [0.1, 0.15) is 0 Å². The largest absolute Gasteiger partial charge is 0.415 e. The van der Waals surface area contributed by atoms with Crippen LogP contribution in [0.2, 0.25) is 0 Å². The van der Waals surface area contributed by atoms with E-state index in [0.29, 0.717) is 6.54 Å². The maximum absolute atomic E-state index is 11.5. The van der Waals surface area contributed by atoms with Crippen molar-refractivity contribution < 1.29 is 19.4 Å². The van der Waals surface area contributed by atoms with Crippen molar-refractivity contribution in [3.63, 3.8) is 0 Å². The summed E-state index contributed by atoms with van der Waals surface area (Å²) in [6, 6.07) is 0.0364. The van der Waals surface area contributed by atoms with Gasteiger partial charge in [-0.05, 0) is 18.3 Å². The first-order valence-electron chi connectivity index (χ1n) is 6.65. The third-order valence-corrected chi connectivity index (χ3v) is 2.94. The first-order valence-corrected chi connectivity index (χ1v) is 6.65. The van der Waals surface area contributed by atoms with E-state index < -0.39 is 12.1 Å². The van der Waals surface area contributed by atoms with E-state index in [1.165, 1.54) is 0 Å². The average Bonchev–Trinajstić information content (AvgIpc) is 2.27. The van der Waals surface area contributed by atoms with Crippen molar-refractivity contribution in [2.45, 2.75) is 52.1 Å². The molecule has 0 saturated carbocycles. The lowest BCUT2D eigenvalue weighted by Crippen LogP contribution is -2.50. The van der Waals surface area contributed by atoms with Crippen LogP contribution in [0.5, 0.6) is 0 Å². The summed E-state index contributed by atoms with van der Waals surface area (Å²) in [5.41, 5.74) is -0.196. The molecule has 0 radical (unpaired) electrons. The summed E-state index contributed by atoms with van der Waals surface area (Å²) in [5, 5.41) is 14.7. The Hall–Kier alpha value is -1.14. The van der Waals surface area contributed by atoms with Crippen LogP contribution in [0.25, 0.3) is 0 Å². The van der Waals surface area contributed by atoms with Gasteiger partial charge in [0.05, 0.1) is 13.0 Å². The molecule has 0 aromatic carbocycles. The number of esters is 1. The molecule has 0 aromatic heterocycles. The minimum atomic E-state index is -0.691. The van der Waals surface area contributed by atoms with Gasteiger partial charge in [-0.25, -0.2) is 4.79 Å². The third-order valence-electron chi connectivity index (χ3n) is 2.94. The Balaban J connectivity index is 2.26. The summed E-state index contributed by atoms with van der Waals surface area (Å²) < 4.78 is 4.72. The standard InChI is InChI=1S/C13H24N2O4/c1-13(2,3)6-11(17)19-12(18)15-9-4-5-10(8-16)14-7-9/h9-10,14,16H,4-8H2,1-3H3,(H,15,18). The minimum Gasteiger partial charge on any atom is -0.395 e. The number of hydrogen-bond donors (Lipinski definition) is 3. The van der Waals surface area contributed by atoms with E-state index in [2.05, 4.69) is 10.6 Å². The minimum absolute atomic E-state index is 0.0577. The van der Waals surface area contributed by atoms with Crippen molar-refractivity contribution in [3.8, 4) is 0 Å². The second-order valence-electron chi connectivity index (χ2n) is 6.21. The molecule has 2 atom stereocenters. The number of aliphatic hydroxyl groups is 1. The van der Waals surface area contributed by atoms with Gasteiger partial charge in [-0.15, -0.1) is 0 Å². The second-order valence-corrected chi connectivity index (χ2v) is 6.21. The number of ether oxygens (including phenoxy) is 1. The molecule has 1 fully saturated rings. The summed E-state index contributed by atoms with van der Waals surface area (Å²) in [4.78, 5) is 23.0. The summed E-state index contributed by atoms with van der Waals surface area (Å²) in [6.45, 7) is 6.40. The molecule has 1 rings (SSSR count).